The van der Waals surface area contributed by atoms with Gasteiger partial charge in [0.05, 0.1) is 12.0 Å². The van der Waals surface area contributed by atoms with E-state index in [1.165, 1.54) is 0 Å². The van der Waals surface area contributed by atoms with Crippen molar-refractivity contribution in [3.63, 3.8) is 0 Å². The first-order chi connectivity index (χ1) is 4.30. The highest BCUT2D eigenvalue weighted by Gasteiger charge is 2.57. The molecule has 3 heteroatoms. The van der Waals surface area contributed by atoms with Crippen LogP contribution in [0.4, 0.5) is 0 Å². The van der Waals surface area contributed by atoms with Crippen LogP contribution in [0.15, 0.2) is 0 Å². The van der Waals surface area contributed by atoms with Crippen molar-refractivity contribution in [3.8, 4) is 0 Å². The molecule has 9 heavy (non-hydrogen) atoms. The second-order valence-electron chi connectivity index (χ2n) is 2.72. The molecule has 2 N–H and O–H groups in total. The van der Waals surface area contributed by atoms with Gasteiger partial charge in [0.15, 0.2) is 0 Å². The Bertz CT molecular complexity index is 147. The van der Waals surface area contributed by atoms with Gasteiger partial charge < -0.3 is 10.5 Å². The summed E-state index contributed by atoms with van der Waals surface area (Å²) in [5.74, 6) is 0.339. The lowest BCUT2D eigenvalue weighted by Gasteiger charge is -1.96. The van der Waals surface area contributed by atoms with E-state index in [9.17, 15) is 4.79 Å². The summed E-state index contributed by atoms with van der Waals surface area (Å²) in [6.45, 7) is 0.819. The van der Waals surface area contributed by atoms with Crippen LogP contribution in [0.2, 0.25) is 0 Å². The van der Waals surface area contributed by atoms with E-state index in [0.29, 0.717) is 5.92 Å². The molecule has 3 nitrogen and oxygen atoms in total. The fourth-order valence-corrected chi connectivity index (χ4v) is 1.63. The summed E-state index contributed by atoms with van der Waals surface area (Å²) in [6, 6.07) is 0. The van der Waals surface area contributed by atoms with Crippen molar-refractivity contribution >= 4 is 5.91 Å². The highest BCUT2D eigenvalue weighted by Crippen LogP contribution is 2.48. The van der Waals surface area contributed by atoms with Crippen LogP contribution in [0.3, 0.4) is 0 Å². The number of hydrogen-bond acceptors (Lipinski definition) is 2. The van der Waals surface area contributed by atoms with Crippen LogP contribution in [0, 0.1) is 11.8 Å². The molecule has 1 aliphatic carbocycles. The first kappa shape index (κ1) is 5.23. The maximum Gasteiger partial charge on any atom is 0.223 e. The van der Waals surface area contributed by atoms with Gasteiger partial charge in [-0.25, -0.2) is 0 Å². The molecule has 1 amide bonds. The van der Waals surface area contributed by atoms with Gasteiger partial charge in [0, 0.05) is 12.5 Å². The van der Waals surface area contributed by atoms with Gasteiger partial charge in [-0.1, -0.05) is 0 Å². The highest BCUT2D eigenvalue weighted by molar-refractivity contribution is 5.81. The first-order valence-corrected chi connectivity index (χ1v) is 3.21. The lowest BCUT2D eigenvalue weighted by Crippen LogP contribution is -2.18. The molecule has 1 saturated carbocycles. The van der Waals surface area contributed by atoms with E-state index in [-0.39, 0.29) is 17.9 Å². The molecule has 1 heterocycles. The zero-order valence-electron chi connectivity index (χ0n) is 5.04. The molecule has 3 atom stereocenters. The molecular formula is C6H9NO2. The Morgan fingerprint density at radius 3 is 2.78 bits per heavy atom. The topological polar surface area (TPSA) is 52.3 Å². The molecule has 0 spiro atoms. The van der Waals surface area contributed by atoms with Crippen LogP contribution in [0.1, 0.15) is 6.42 Å². The number of rotatable bonds is 1. The molecular weight excluding hydrogens is 118 g/mol. The third-order valence-corrected chi connectivity index (χ3v) is 2.19. The molecule has 2 aliphatic rings. The van der Waals surface area contributed by atoms with Gasteiger partial charge in [-0.05, 0) is 6.42 Å². The van der Waals surface area contributed by atoms with Crippen molar-refractivity contribution in [2.24, 2.45) is 17.6 Å². The minimum atomic E-state index is -0.190. The third kappa shape index (κ3) is 0.580. The maximum atomic E-state index is 10.5. The van der Waals surface area contributed by atoms with E-state index in [1.54, 1.807) is 0 Å². The van der Waals surface area contributed by atoms with E-state index in [1.807, 2.05) is 0 Å². The lowest BCUT2D eigenvalue weighted by molar-refractivity contribution is -0.120. The van der Waals surface area contributed by atoms with Crippen LogP contribution >= 0.6 is 0 Å². The van der Waals surface area contributed by atoms with Crippen LogP contribution < -0.4 is 5.73 Å². The van der Waals surface area contributed by atoms with Gasteiger partial charge in [-0.15, -0.1) is 0 Å². The summed E-state index contributed by atoms with van der Waals surface area (Å²) < 4.78 is 5.20. The van der Waals surface area contributed by atoms with E-state index < -0.39 is 0 Å². The summed E-state index contributed by atoms with van der Waals surface area (Å²) in [5, 5.41) is 0. The van der Waals surface area contributed by atoms with Gasteiger partial charge >= 0.3 is 0 Å². The van der Waals surface area contributed by atoms with Crippen molar-refractivity contribution in [3.05, 3.63) is 0 Å². The average molecular weight is 127 g/mol. The number of fused-ring (bicyclic) bond motifs is 1. The van der Waals surface area contributed by atoms with Crippen LogP contribution in [0.25, 0.3) is 0 Å². The summed E-state index contributed by atoms with van der Waals surface area (Å²) in [7, 11) is 0. The SMILES string of the molecule is NC(=O)C1C2CCOC21. The molecule has 0 bridgehead atoms. The summed E-state index contributed by atoms with van der Waals surface area (Å²) in [5.41, 5.74) is 5.07. The molecule has 2 fully saturated rings. The minimum absolute atomic E-state index is 0.0544. The van der Waals surface area contributed by atoms with Gasteiger partial charge in [0.1, 0.15) is 0 Å². The summed E-state index contributed by atoms with van der Waals surface area (Å²) >= 11 is 0. The van der Waals surface area contributed by atoms with Gasteiger partial charge in [-0.2, -0.15) is 0 Å². The number of nitrogens with two attached hydrogens (primary N) is 1. The summed E-state index contributed by atoms with van der Waals surface area (Å²) in [4.78, 5) is 10.5. The number of carbonyl (C=O) groups is 1. The quantitative estimate of drug-likeness (QED) is 0.516. The Morgan fingerprint density at radius 1 is 1.67 bits per heavy atom. The molecule has 0 aromatic rings. The Kier molecular flexibility index (Phi) is 0.858. The van der Waals surface area contributed by atoms with E-state index >= 15 is 0 Å². The molecule has 3 unspecified atom stereocenters. The molecule has 50 valence electrons. The van der Waals surface area contributed by atoms with Crippen molar-refractivity contribution in [2.75, 3.05) is 6.61 Å². The zero-order valence-corrected chi connectivity index (χ0v) is 5.04. The van der Waals surface area contributed by atoms with Crippen molar-refractivity contribution < 1.29 is 9.53 Å². The zero-order chi connectivity index (χ0) is 6.43. The number of ether oxygens (including phenoxy) is 1. The number of carbonyl (C=O) groups excluding carboxylic acids is 1. The molecule has 1 saturated heterocycles. The highest BCUT2D eigenvalue weighted by atomic mass is 16.5. The van der Waals surface area contributed by atoms with E-state index in [0.717, 1.165) is 13.0 Å². The fourth-order valence-electron chi connectivity index (χ4n) is 1.63. The Labute approximate surface area is 53.2 Å². The second kappa shape index (κ2) is 1.48. The van der Waals surface area contributed by atoms with Crippen LogP contribution in [-0.2, 0) is 9.53 Å². The predicted molar refractivity (Wildman–Crippen MR) is 30.5 cm³/mol. The Balaban J connectivity index is 2.02. The van der Waals surface area contributed by atoms with Gasteiger partial charge in [-0.3, -0.25) is 4.79 Å². The second-order valence-corrected chi connectivity index (χ2v) is 2.72. The van der Waals surface area contributed by atoms with Crippen LogP contribution in [-0.4, -0.2) is 18.6 Å². The van der Waals surface area contributed by atoms with Crippen molar-refractivity contribution in [2.45, 2.75) is 12.5 Å². The van der Waals surface area contributed by atoms with E-state index in [4.69, 9.17) is 10.5 Å². The Hall–Kier alpha value is -0.570. The smallest absolute Gasteiger partial charge is 0.223 e. The fraction of sp³-hybridized carbons (Fsp3) is 0.833. The van der Waals surface area contributed by atoms with E-state index in [2.05, 4.69) is 0 Å². The number of primary amides is 1. The first-order valence-electron chi connectivity index (χ1n) is 3.21. The third-order valence-electron chi connectivity index (χ3n) is 2.19. The molecule has 0 radical (unpaired) electrons. The molecule has 0 aromatic heterocycles. The normalized spacial score (nSPS) is 46.4. The predicted octanol–water partition coefficient (Wildman–Crippen LogP) is -0.493. The lowest BCUT2D eigenvalue weighted by atomic mass is 10.2. The van der Waals surface area contributed by atoms with Crippen molar-refractivity contribution in [1.29, 1.82) is 0 Å². The molecule has 1 aliphatic heterocycles. The van der Waals surface area contributed by atoms with Gasteiger partial charge in [0.2, 0.25) is 5.91 Å². The molecule has 2 rings (SSSR count). The average Bonchev–Trinajstić information content (AvgIpc) is 2.30. The largest absolute Gasteiger partial charge is 0.377 e. The maximum absolute atomic E-state index is 10.5. The molecule has 0 aromatic carbocycles. The monoisotopic (exact) mass is 127 g/mol. The van der Waals surface area contributed by atoms with Crippen LogP contribution in [0.5, 0.6) is 0 Å². The Morgan fingerprint density at radius 2 is 2.44 bits per heavy atom. The minimum Gasteiger partial charge on any atom is -0.377 e. The van der Waals surface area contributed by atoms with Gasteiger partial charge in [0.25, 0.3) is 0 Å². The van der Waals surface area contributed by atoms with Crippen molar-refractivity contribution in [1.82, 2.24) is 0 Å². The standard InChI is InChI=1S/C6H9NO2/c7-6(8)4-3-1-2-9-5(3)4/h3-5H,1-2H2,(H2,7,8). The number of amides is 1. The summed E-state index contributed by atoms with van der Waals surface area (Å²) in [6.07, 6.45) is 1.22. The number of hydrogen-bond donors (Lipinski definition) is 1.